The fourth-order valence-electron chi connectivity index (χ4n) is 3.41. The van der Waals surface area contributed by atoms with Crippen LogP contribution in [0.25, 0.3) is 10.2 Å². The van der Waals surface area contributed by atoms with Crippen molar-refractivity contribution in [3.8, 4) is 0 Å². The molecule has 2 aromatic heterocycles. The molecule has 0 unspecified atom stereocenters. The molecule has 0 aliphatic rings. The Balaban J connectivity index is 1.59. The molecule has 0 bridgehead atoms. The van der Waals surface area contributed by atoms with Crippen LogP contribution < -0.4 is 16.2 Å². The number of hydrogen-bond acceptors (Lipinski definition) is 5. The molecule has 0 saturated heterocycles. The van der Waals surface area contributed by atoms with Crippen molar-refractivity contribution >= 4 is 44.7 Å². The zero-order chi connectivity index (χ0) is 22.8. The van der Waals surface area contributed by atoms with E-state index in [4.69, 9.17) is 0 Å². The fourth-order valence-corrected chi connectivity index (χ4v) is 4.45. The minimum absolute atomic E-state index is 0.171. The Labute approximate surface area is 188 Å². The third kappa shape index (κ3) is 4.31. The lowest BCUT2D eigenvalue weighted by atomic mass is 10.1. The molecule has 32 heavy (non-hydrogen) atoms. The molecule has 2 N–H and O–H groups in total. The van der Waals surface area contributed by atoms with Crippen molar-refractivity contribution in [1.82, 2.24) is 9.55 Å². The molecule has 162 valence electrons. The van der Waals surface area contributed by atoms with Crippen LogP contribution in [-0.4, -0.2) is 21.4 Å². The SMILES string of the molecule is Cc1ccc(C)c(NC(=O)Cn2cnc3sc(C(=O)Nc4ccccc4)c(C)c3c2=O)c1. The van der Waals surface area contributed by atoms with Crippen LogP contribution in [-0.2, 0) is 11.3 Å². The standard InChI is InChI=1S/C24H22N4O3S/c1-14-9-10-15(2)18(11-14)27-19(29)12-28-13-25-23-20(24(28)31)16(3)21(32-23)22(30)26-17-7-5-4-6-8-17/h4-11,13H,12H2,1-3H3,(H,26,30)(H,27,29). The average Bonchev–Trinajstić information content (AvgIpc) is 3.11. The van der Waals surface area contributed by atoms with E-state index >= 15 is 0 Å². The molecule has 0 aliphatic heterocycles. The van der Waals surface area contributed by atoms with Crippen LogP contribution in [0.15, 0.2) is 59.7 Å². The number of nitrogens with one attached hydrogen (secondary N) is 2. The first-order valence-electron chi connectivity index (χ1n) is 10.1. The summed E-state index contributed by atoms with van der Waals surface area (Å²) in [6, 6.07) is 14.9. The maximum atomic E-state index is 13.1. The van der Waals surface area contributed by atoms with Gasteiger partial charge >= 0.3 is 0 Å². The monoisotopic (exact) mass is 446 g/mol. The first-order chi connectivity index (χ1) is 15.3. The summed E-state index contributed by atoms with van der Waals surface area (Å²) < 4.78 is 1.27. The summed E-state index contributed by atoms with van der Waals surface area (Å²) in [7, 11) is 0. The van der Waals surface area contributed by atoms with E-state index < -0.39 is 0 Å². The van der Waals surface area contributed by atoms with Crippen LogP contribution in [0.1, 0.15) is 26.4 Å². The first-order valence-corrected chi connectivity index (χ1v) is 10.9. The van der Waals surface area contributed by atoms with Gasteiger partial charge in [0.1, 0.15) is 11.4 Å². The number of hydrogen-bond donors (Lipinski definition) is 2. The Hall–Kier alpha value is -3.78. The summed E-state index contributed by atoms with van der Waals surface area (Å²) >= 11 is 1.16. The molecular weight excluding hydrogens is 424 g/mol. The van der Waals surface area contributed by atoms with Gasteiger partial charge in [-0.2, -0.15) is 0 Å². The number of para-hydroxylation sites is 1. The van der Waals surface area contributed by atoms with Gasteiger partial charge in [0.15, 0.2) is 0 Å². The van der Waals surface area contributed by atoms with Gasteiger partial charge in [0, 0.05) is 11.4 Å². The highest BCUT2D eigenvalue weighted by Crippen LogP contribution is 2.27. The molecule has 0 spiro atoms. The maximum absolute atomic E-state index is 13.1. The molecular formula is C24H22N4O3S. The van der Waals surface area contributed by atoms with Crippen LogP contribution in [0.3, 0.4) is 0 Å². The summed E-state index contributed by atoms with van der Waals surface area (Å²) in [6.45, 7) is 5.41. The Bertz CT molecular complexity index is 1390. The summed E-state index contributed by atoms with van der Waals surface area (Å²) in [6.07, 6.45) is 1.35. The molecule has 0 atom stereocenters. The predicted octanol–water partition coefficient (Wildman–Crippen LogP) is 4.27. The van der Waals surface area contributed by atoms with Gasteiger partial charge < -0.3 is 10.6 Å². The lowest BCUT2D eigenvalue weighted by Gasteiger charge is -2.10. The zero-order valence-corrected chi connectivity index (χ0v) is 18.7. The minimum Gasteiger partial charge on any atom is -0.324 e. The average molecular weight is 447 g/mol. The van der Waals surface area contributed by atoms with Crippen molar-refractivity contribution in [2.75, 3.05) is 10.6 Å². The molecule has 2 heterocycles. The lowest BCUT2D eigenvalue weighted by molar-refractivity contribution is -0.116. The highest BCUT2D eigenvalue weighted by Gasteiger charge is 2.20. The Kier molecular flexibility index (Phi) is 5.87. The number of anilines is 2. The highest BCUT2D eigenvalue weighted by molar-refractivity contribution is 7.20. The summed E-state index contributed by atoms with van der Waals surface area (Å²) in [5.74, 6) is -0.618. The summed E-state index contributed by atoms with van der Waals surface area (Å²) in [5.41, 5.74) is 3.55. The number of fused-ring (bicyclic) bond motifs is 1. The zero-order valence-electron chi connectivity index (χ0n) is 17.9. The normalized spacial score (nSPS) is 10.8. The van der Waals surface area contributed by atoms with Crippen molar-refractivity contribution in [2.24, 2.45) is 0 Å². The van der Waals surface area contributed by atoms with Crippen molar-refractivity contribution in [1.29, 1.82) is 0 Å². The molecule has 0 fully saturated rings. The molecule has 2 aromatic carbocycles. The number of aromatic nitrogens is 2. The molecule has 0 saturated carbocycles. The van der Waals surface area contributed by atoms with Gasteiger partial charge in [-0.3, -0.25) is 19.0 Å². The van der Waals surface area contributed by atoms with Crippen LogP contribution in [0, 0.1) is 20.8 Å². The van der Waals surface area contributed by atoms with E-state index in [1.807, 2.05) is 50.2 Å². The number of benzene rings is 2. The number of carbonyl (C=O) groups is 2. The van der Waals surface area contributed by atoms with E-state index in [0.717, 1.165) is 22.5 Å². The third-order valence-electron chi connectivity index (χ3n) is 5.14. The summed E-state index contributed by atoms with van der Waals surface area (Å²) in [4.78, 5) is 43.6. The lowest BCUT2D eigenvalue weighted by Crippen LogP contribution is -2.28. The largest absolute Gasteiger partial charge is 0.324 e. The second-order valence-electron chi connectivity index (χ2n) is 7.60. The van der Waals surface area contributed by atoms with Crippen LogP contribution in [0.5, 0.6) is 0 Å². The van der Waals surface area contributed by atoms with Gasteiger partial charge in [-0.25, -0.2) is 4.98 Å². The molecule has 4 aromatic rings. The van der Waals surface area contributed by atoms with Gasteiger partial charge in [0.05, 0.1) is 16.6 Å². The second kappa shape index (κ2) is 8.76. The number of nitrogens with zero attached hydrogens (tertiary/aromatic N) is 2. The molecule has 0 radical (unpaired) electrons. The van der Waals surface area contributed by atoms with Gasteiger partial charge in [-0.05, 0) is 55.7 Å². The number of aryl methyl sites for hydroxylation is 3. The van der Waals surface area contributed by atoms with E-state index in [-0.39, 0.29) is 23.9 Å². The van der Waals surface area contributed by atoms with Gasteiger partial charge in [-0.1, -0.05) is 30.3 Å². The third-order valence-corrected chi connectivity index (χ3v) is 6.33. The smallest absolute Gasteiger partial charge is 0.266 e. The molecule has 0 aliphatic carbocycles. The van der Waals surface area contributed by atoms with E-state index in [2.05, 4.69) is 15.6 Å². The van der Waals surface area contributed by atoms with Crippen molar-refractivity contribution < 1.29 is 9.59 Å². The minimum atomic E-state index is -0.348. The Morgan fingerprint density at radius 3 is 2.53 bits per heavy atom. The second-order valence-corrected chi connectivity index (χ2v) is 8.60. The van der Waals surface area contributed by atoms with E-state index in [0.29, 0.717) is 32.0 Å². The molecule has 7 nitrogen and oxygen atoms in total. The topological polar surface area (TPSA) is 93.1 Å². The number of thiophene rings is 1. The van der Waals surface area contributed by atoms with E-state index in [9.17, 15) is 14.4 Å². The first kappa shape index (κ1) is 21.5. The van der Waals surface area contributed by atoms with Crippen molar-refractivity contribution in [3.63, 3.8) is 0 Å². The quantitative estimate of drug-likeness (QED) is 0.479. The van der Waals surface area contributed by atoms with Crippen molar-refractivity contribution in [2.45, 2.75) is 27.3 Å². The number of carbonyl (C=O) groups excluding carboxylic acids is 2. The Morgan fingerprint density at radius 2 is 1.78 bits per heavy atom. The maximum Gasteiger partial charge on any atom is 0.266 e. The Morgan fingerprint density at radius 1 is 1.03 bits per heavy atom. The van der Waals surface area contributed by atoms with Gasteiger partial charge in [0.25, 0.3) is 11.5 Å². The fraction of sp³-hybridized carbons (Fsp3) is 0.167. The van der Waals surface area contributed by atoms with Crippen molar-refractivity contribution in [3.05, 3.63) is 86.8 Å². The van der Waals surface area contributed by atoms with Crippen LogP contribution in [0.2, 0.25) is 0 Å². The van der Waals surface area contributed by atoms with Gasteiger partial charge in [0.2, 0.25) is 5.91 Å². The number of amides is 2. The summed E-state index contributed by atoms with van der Waals surface area (Å²) in [5, 5.41) is 6.04. The predicted molar refractivity (Wildman–Crippen MR) is 128 cm³/mol. The van der Waals surface area contributed by atoms with E-state index in [1.165, 1.54) is 10.9 Å². The molecule has 2 amide bonds. The molecule has 4 rings (SSSR count). The van der Waals surface area contributed by atoms with Gasteiger partial charge in [-0.15, -0.1) is 11.3 Å². The van der Waals surface area contributed by atoms with E-state index in [1.54, 1.807) is 19.1 Å². The molecule has 8 heteroatoms. The van der Waals surface area contributed by atoms with Crippen LogP contribution >= 0.6 is 11.3 Å². The van der Waals surface area contributed by atoms with Crippen LogP contribution in [0.4, 0.5) is 11.4 Å². The highest BCUT2D eigenvalue weighted by atomic mass is 32.1. The number of rotatable bonds is 5.